The maximum absolute atomic E-state index is 11.8. The van der Waals surface area contributed by atoms with Crippen LogP contribution in [0.15, 0.2) is 12.7 Å². The van der Waals surface area contributed by atoms with E-state index in [-0.39, 0.29) is 6.03 Å². The van der Waals surface area contributed by atoms with Crippen LogP contribution in [-0.4, -0.2) is 53.1 Å². The number of likely N-dealkylation sites (tertiary alicyclic amines) is 1. The number of nitrogens with one attached hydrogen (secondary N) is 1. The van der Waals surface area contributed by atoms with E-state index in [0.29, 0.717) is 32.5 Å². The lowest BCUT2D eigenvalue weighted by Crippen LogP contribution is -2.49. The first kappa shape index (κ1) is 15.9. The molecule has 2 N–H and O–H groups in total. The highest BCUT2D eigenvalue weighted by molar-refractivity contribution is 7.99. The molecule has 0 spiro atoms. The van der Waals surface area contributed by atoms with E-state index < -0.39 is 11.4 Å². The number of thioether (sulfide) groups is 1. The molecule has 0 aromatic heterocycles. The lowest BCUT2D eigenvalue weighted by atomic mass is 9.80. The van der Waals surface area contributed by atoms with Crippen LogP contribution in [0.5, 0.6) is 0 Å². The van der Waals surface area contributed by atoms with Crippen LogP contribution in [0.2, 0.25) is 0 Å². The predicted octanol–water partition coefficient (Wildman–Crippen LogP) is 1.80. The van der Waals surface area contributed by atoms with E-state index >= 15 is 0 Å². The largest absolute Gasteiger partial charge is 0.481 e. The van der Waals surface area contributed by atoms with Crippen molar-refractivity contribution in [2.24, 2.45) is 5.41 Å². The van der Waals surface area contributed by atoms with Crippen LogP contribution in [-0.2, 0) is 4.79 Å². The molecule has 19 heavy (non-hydrogen) atoms. The summed E-state index contributed by atoms with van der Waals surface area (Å²) in [6.45, 7) is 7.02. The molecule has 1 aliphatic heterocycles. The minimum Gasteiger partial charge on any atom is -0.481 e. The van der Waals surface area contributed by atoms with Gasteiger partial charge < -0.3 is 15.3 Å². The number of carboxylic acid groups (broad SMARTS) is 1. The highest BCUT2D eigenvalue weighted by Gasteiger charge is 2.37. The van der Waals surface area contributed by atoms with Crippen molar-refractivity contribution in [3.63, 3.8) is 0 Å². The predicted molar refractivity (Wildman–Crippen MR) is 77.5 cm³/mol. The smallest absolute Gasteiger partial charge is 0.317 e. The molecule has 2 amide bonds. The number of nitrogens with zero attached hydrogens (tertiary/aromatic N) is 1. The number of urea groups is 1. The van der Waals surface area contributed by atoms with Gasteiger partial charge in [-0.25, -0.2) is 4.79 Å². The molecule has 1 rings (SSSR count). The number of amides is 2. The van der Waals surface area contributed by atoms with Gasteiger partial charge in [0.05, 0.1) is 5.41 Å². The van der Waals surface area contributed by atoms with E-state index in [0.717, 1.165) is 11.5 Å². The molecule has 6 heteroatoms. The van der Waals surface area contributed by atoms with Crippen molar-refractivity contribution in [2.75, 3.05) is 31.1 Å². The van der Waals surface area contributed by atoms with Gasteiger partial charge in [-0.1, -0.05) is 6.08 Å². The van der Waals surface area contributed by atoms with Gasteiger partial charge in [0.25, 0.3) is 0 Å². The first-order valence-corrected chi connectivity index (χ1v) is 7.60. The van der Waals surface area contributed by atoms with Gasteiger partial charge in [-0.05, 0) is 19.8 Å². The first-order chi connectivity index (χ1) is 8.99. The molecule has 5 nitrogen and oxygen atoms in total. The quantitative estimate of drug-likeness (QED) is 0.577. The number of hydrogen-bond acceptors (Lipinski definition) is 3. The topological polar surface area (TPSA) is 69.6 Å². The van der Waals surface area contributed by atoms with Gasteiger partial charge in [-0.15, -0.1) is 6.58 Å². The van der Waals surface area contributed by atoms with E-state index in [2.05, 4.69) is 11.9 Å². The second-order valence-electron chi connectivity index (χ2n) is 4.95. The van der Waals surface area contributed by atoms with Gasteiger partial charge in [0.15, 0.2) is 0 Å². The van der Waals surface area contributed by atoms with Crippen LogP contribution in [0.4, 0.5) is 4.79 Å². The van der Waals surface area contributed by atoms with E-state index in [4.69, 9.17) is 5.11 Å². The van der Waals surface area contributed by atoms with Gasteiger partial charge in [0, 0.05) is 31.1 Å². The molecule has 1 heterocycles. The van der Waals surface area contributed by atoms with Crippen LogP contribution < -0.4 is 5.32 Å². The van der Waals surface area contributed by atoms with Crippen LogP contribution in [0.3, 0.4) is 0 Å². The summed E-state index contributed by atoms with van der Waals surface area (Å²) in [5.41, 5.74) is -0.684. The summed E-state index contributed by atoms with van der Waals surface area (Å²) >= 11 is 1.72. The van der Waals surface area contributed by atoms with Crippen LogP contribution in [0.1, 0.15) is 19.8 Å². The van der Waals surface area contributed by atoms with Crippen molar-refractivity contribution in [1.29, 1.82) is 0 Å². The average Bonchev–Trinajstić information content (AvgIpc) is 2.39. The van der Waals surface area contributed by atoms with E-state index in [1.165, 1.54) is 0 Å². The number of carbonyl (C=O) groups excluding carboxylic acids is 1. The normalized spacial score (nSPS) is 17.8. The Morgan fingerprint density at radius 3 is 2.63 bits per heavy atom. The van der Waals surface area contributed by atoms with E-state index in [9.17, 15) is 9.59 Å². The first-order valence-electron chi connectivity index (χ1n) is 6.44. The van der Waals surface area contributed by atoms with Crippen molar-refractivity contribution in [2.45, 2.75) is 19.8 Å². The minimum absolute atomic E-state index is 0.0911. The fourth-order valence-corrected chi connectivity index (χ4v) is 2.51. The maximum Gasteiger partial charge on any atom is 0.317 e. The van der Waals surface area contributed by atoms with Crippen molar-refractivity contribution >= 4 is 23.8 Å². The fraction of sp³-hybridized carbons (Fsp3) is 0.692. The lowest BCUT2D eigenvalue weighted by molar-refractivity contribution is -0.150. The van der Waals surface area contributed by atoms with E-state index in [1.807, 2.05) is 6.08 Å². The molecule has 0 atom stereocenters. The Morgan fingerprint density at radius 1 is 1.47 bits per heavy atom. The lowest BCUT2D eigenvalue weighted by Gasteiger charge is -2.36. The average molecular weight is 286 g/mol. The number of aliphatic carboxylic acids is 1. The number of carbonyl (C=O) groups is 2. The second kappa shape index (κ2) is 7.43. The van der Waals surface area contributed by atoms with Crippen LogP contribution >= 0.6 is 11.8 Å². The zero-order valence-corrected chi connectivity index (χ0v) is 12.2. The third-order valence-corrected chi connectivity index (χ3v) is 4.39. The SMILES string of the molecule is C=CCSCCNC(=O)N1CCC(C)(C(=O)O)CC1. The second-order valence-corrected chi connectivity index (χ2v) is 6.10. The molecule has 0 aromatic carbocycles. The highest BCUT2D eigenvalue weighted by Crippen LogP contribution is 2.30. The third kappa shape index (κ3) is 4.78. The van der Waals surface area contributed by atoms with Gasteiger partial charge >= 0.3 is 12.0 Å². The third-order valence-electron chi connectivity index (χ3n) is 3.43. The van der Waals surface area contributed by atoms with Crippen LogP contribution in [0, 0.1) is 5.41 Å². The van der Waals surface area contributed by atoms with Crippen molar-refractivity contribution in [1.82, 2.24) is 10.2 Å². The molecule has 0 unspecified atom stereocenters. The summed E-state index contributed by atoms with van der Waals surface area (Å²) in [6.07, 6.45) is 2.87. The number of rotatable bonds is 6. The summed E-state index contributed by atoms with van der Waals surface area (Å²) in [6, 6.07) is -0.0911. The zero-order valence-electron chi connectivity index (χ0n) is 11.4. The summed E-state index contributed by atoms with van der Waals surface area (Å²) in [7, 11) is 0. The summed E-state index contributed by atoms with van der Waals surface area (Å²) < 4.78 is 0. The van der Waals surface area contributed by atoms with Crippen molar-refractivity contribution in [3.8, 4) is 0 Å². The van der Waals surface area contributed by atoms with Gasteiger partial charge in [0.2, 0.25) is 0 Å². The Hall–Kier alpha value is -1.17. The zero-order chi connectivity index (χ0) is 14.3. The standard InChI is InChI=1S/C13H22N2O3S/c1-3-9-19-10-6-14-12(18)15-7-4-13(2,5-8-15)11(16)17/h3H,1,4-10H2,2H3,(H,14,18)(H,16,17). The van der Waals surface area contributed by atoms with Crippen molar-refractivity contribution in [3.05, 3.63) is 12.7 Å². The summed E-state index contributed by atoms with van der Waals surface area (Å²) in [5, 5.41) is 12.0. The Bertz CT molecular complexity index is 339. The fourth-order valence-electron chi connectivity index (χ4n) is 1.93. The van der Waals surface area contributed by atoms with Crippen LogP contribution in [0.25, 0.3) is 0 Å². The molecule has 0 aliphatic carbocycles. The maximum atomic E-state index is 11.8. The molecular formula is C13H22N2O3S. The molecule has 0 aromatic rings. The summed E-state index contributed by atoms with van der Waals surface area (Å²) in [4.78, 5) is 24.6. The Kier molecular flexibility index (Phi) is 6.21. The molecule has 108 valence electrons. The Morgan fingerprint density at radius 2 is 2.11 bits per heavy atom. The van der Waals surface area contributed by atoms with Crippen molar-refractivity contribution < 1.29 is 14.7 Å². The molecule has 1 fully saturated rings. The Balaban J connectivity index is 2.25. The minimum atomic E-state index is -0.770. The molecule has 0 radical (unpaired) electrons. The number of hydrogen-bond donors (Lipinski definition) is 2. The highest BCUT2D eigenvalue weighted by atomic mass is 32.2. The monoisotopic (exact) mass is 286 g/mol. The van der Waals surface area contributed by atoms with Gasteiger partial charge in [0.1, 0.15) is 0 Å². The Labute approximate surface area is 118 Å². The molecule has 0 bridgehead atoms. The van der Waals surface area contributed by atoms with Gasteiger partial charge in [-0.3, -0.25) is 4.79 Å². The van der Waals surface area contributed by atoms with E-state index in [1.54, 1.807) is 23.6 Å². The molecule has 0 saturated carbocycles. The number of piperidine rings is 1. The molecule has 1 saturated heterocycles. The molecule has 1 aliphatic rings. The molecular weight excluding hydrogens is 264 g/mol. The number of carboxylic acids is 1. The van der Waals surface area contributed by atoms with Gasteiger partial charge in [-0.2, -0.15) is 11.8 Å². The summed E-state index contributed by atoms with van der Waals surface area (Å²) in [5.74, 6) is 0.975.